The molecule has 3 aromatic rings. The first kappa shape index (κ1) is 23.5. The minimum absolute atomic E-state index is 0.0587. The molecule has 1 atom stereocenters. The van der Waals surface area contributed by atoms with Crippen molar-refractivity contribution in [3.63, 3.8) is 0 Å². The number of aryl methyl sites for hydroxylation is 2. The van der Waals surface area contributed by atoms with Gasteiger partial charge in [0.05, 0.1) is 18.4 Å². The molecule has 0 bridgehead atoms. The summed E-state index contributed by atoms with van der Waals surface area (Å²) >= 11 is 0. The van der Waals surface area contributed by atoms with Crippen molar-refractivity contribution >= 4 is 23.4 Å². The van der Waals surface area contributed by atoms with Gasteiger partial charge in [0.15, 0.2) is 5.82 Å². The quantitative estimate of drug-likeness (QED) is 0.572. The lowest BCUT2D eigenvalue weighted by Gasteiger charge is -2.32. The van der Waals surface area contributed by atoms with Gasteiger partial charge < -0.3 is 20.3 Å². The molecule has 4 heterocycles. The molecule has 1 aliphatic rings. The Kier molecular flexibility index (Phi) is 6.16. The molecule has 3 aromatic heterocycles. The molecule has 1 amide bonds. The third-order valence-electron chi connectivity index (χ3n) is 5.69. The summed E-state index contributed by atoms with van der Waals surface area (Å²) in [5.74, 6) is 1.78. The molecule has 0 aromatic carbocycles. The number of carbonyl (C=O) groups is 1. The van der Waals surface area contributed by atoms with Crippen LogP contribution in [0.5, 0.6) is 5.88 Å². The van der Waals surface area contributed by atoms with Crippen LogP contribution in [0.1, 0.15) is 50.1 Å². The van der Waals surface area contributed by atoms with Crippen molar-refractivity contribution in [1.29, 1.82) is 0 Å². The number of likely N-dealkylation sites (N-methyl/N-ethyl adjacent to an activating group) is 1. The van der Waals surface area contributed by atoms with Crippen LogP contribution in [0, 0.1) is 13.8 Å². The van der Waals surface area contributed by atoms with Gasteiger partial charge in [0.1, 0.15) is 17.3 Å². The largest absolute Gasteiger partial charge is 0.472 e. The van der Waals surface area contributed by atoms with Crippen molar-refractivity contribution in [3.8, 4) is 5.88 Å². The van der Waals surface area contributed by atoms with E-state index in [1.54, 1.807) is 0 Å². The molecule has 10 heteroatoms. The lowest BCUT2D eigenvalue weighted by Crippen LogP contribution is -2.44. The number of amides is 1. The Morgan fingerprint density at radius 1 is 1.21 bits per heavy atom. The van der Waals surface area contributed by atoms with Crippen LogP contribution in [0.4, 0.5) is 17.5 Å². The number of nitrogens with zero attached hydrogens (tertiary/aromatic N) is 6. The summed E-state index contributed by atoms with van der Waals surface area (Å²) in [6.07, 6.45) is 5.66. The molecule has 0 saturated heterocycles. The summed E-state index contributed by atoms with van der Waals surface area (Å²) in [6.45, 7) is 12.9. The van der Waals surface area contributed by atoms with Crippen LogP contribution in [0.2, 0.25) is 0 Å². The Morgan fingerprint density at radius 2 is 1.97 bits per heavy atom. The zero-order chi connectivity index (χ0) is 24.6. The van der Waals surface area contributed by atoms with Crippen LogP contribution in [-0.2, 0) is 17.9 Å². The number of carbonyl (C=O) groups excluding carboxylic acids is 1. The zero-order valence-electron chi connectivity index (χ0n) is 20.8. The second kappa shape index (κ2) is 8.92. The fourth-order valence-electron chi connectivity index (χ4n) is 3.66. The Bertz CT molecular complexity index is 1210. The number of hydrogen-bond acceptors (Lipinski definition) is 8. The predicted molar refractivity (Wildman–Crippen MR) is 131 cm³/mol. The Labute approximate surface area is 199 Å². The summed E-state index contributed by atoms with van der Waals surface area (Å²) in [7, 11) is 1.86. The van der Waals surface area contributed by atoms with E-state index in [-0.39, 0.29) is 17.6 Å². The van der Waals surface area contributed by atoms with Crippen LogP contribution in [0.25, 0.3) is 0 Å². The molecule has 1 aliphatic heterocycles. The van der Waals surface area contributed by atoms with Crippen molar-refractivity contribution in [2.75, 3.05) is 22.6 Å². The van der Waals surface area contributed by atoms with Crippen molar-refractivity contribution in [1.82, 2.24) is 24.7 Å². The number of hydrogen-bond donors (Lipinski definition) is 2. The molecule has 34 heavy (non-hydrogen) atoms. The second-order valence-electron chi connectivity index (χ2n) is 9.67. The minimum atomic E-state index is -0.292. The molecule has 4 rings (SSSR count). The van der Waals surface area contributed by atoms with Crippen molar-refractivity contribution in [2.45, 2.75) is 66.3 Å². The van der Waals surface area contributed by atoms with E-state index in [0.717, 1.165) is 22.4 Å². The van der Waals surface area contributed by atoms with Gasteiger partial charge in [-0.15, -0.1) is 0 Å². The van der Waals surface area contributed by atoms with E-state index >= 15 is 0 Å². The van der Waals surface area contributed by atoms with Crippen LogP contribution >= 0.6 is 0 Å². The van der Waals surface area contributed by atoms with E-state index < -0.39 is 0 Å². The first-order valence-electron chi connectivity index (χ1n) is 11.3. The number of fused-ring (bicyclic) bond motifs is 1. The molecule has 0 radical (unpaired) electrons. The molecule has 2 N–H and O–H groups in total. The maximum absolute atomic E-state index is 12.1. The summed E-state index contributed by atoms with van der Waals surface area (Å²) in [4.78, 5) is 27.5. The fraction of sp³-hybridized carbons (Fsp3) is 0.458. The van der Waals surface area contributed by atoms with Crippen molar-refractivity contribution in [3.05, 3.63) is 47.0 Å². The lowest BCUT2D eigenvalue weighted by molar-refractivity contribution is -0.117. The molecule has 0 spiro atoms. The SMILES string of the molecule is Cc1cc(OC(C)(C)C)ncc1Cn1cc(CNc2nc(C)c3c(n2)N(C)[C@@H](C)C(=O)N3)cn1. The maximum atomic E-state index is 12.1. The number of ether oxygens (including phenoxy) is 1. The van der Waals surface area contributed by atoms with Gasteiger partial charge in [0.2, 0.25) is 17.7 Å². The highest BCUT2D eigenvalue weighted by Gasteiger charge is 2.30. The second-order valence-corrected chi connectivity index (χ2v) is 9.67. The highest BCUT2D eigenvalue weighted by Crippen LogP contribution is 2.32. The Morgan fingerprint density at radius 3 is 2.68 bits per heavy atom. The zero-order valence-corrected chi connectivity index (χ0v) is 20.8. The van der Waals surface area contributed by atoms with Gasteiger partial charge in [-0.05, 0) is 52.7 Å². The highest BCUT2D eigenvalue weighted by molar-refractivity contribution is 6.03. The fourth-order valence-corrected chi connectivity index (χ4v) is 3.66. The molecule has 0 unspecified atom stereocenters. The van der Waals surface area contributed by atoms with E-state index in [1.165, 1.54) is 0 Å². The first-order valence-corrected chi connectivity index (χ1v) is 11.3. The normalized spacial score (nSPS) is 15.7. The van der Waals surface area contributed by atoms with Crippen LogP contribution in [0.3, 0.4) is 0 Å². The van der Waals surface area contributed by atoms with E-state index in [1.807, 2.05) is 75.9 Å². The average Bonchev–Trinajstić information content (AvgIpc) is 3.20. The predicted octanol–water partition coefficient (Wildman–Crippen LogP) is 3.30. The number of pyridine rings is 1. The first-order chi connectivity index (χ1) is 16.0. The molecular formula is C24H32N8O2. The van der Waals surface area contributed by atoms with E-state index in [4.69, 9.17) is 4.74 Å². The molecule has 0 fully saturated rings. The molecule has 10 nitrogen and oxygen atoms in total. The van der Waals surface area contributed by atoms with Gasteiger partial charge in [-0.25, -0.2) is 9.97 Å². The van der Waals surface area contributed by atoms with E-state index in [9.17, 15) is 4.79 Å². The molecule has 180 valence electrons. The monoisotopic (exact) mass is 464 g/mol. The van der Waals surface area contributed by atoms with Gasteiger partial charge in [-0.3, -0.25) is 9.48 Å². The van der Waals surface area contributed by atoms with Gasteiger partial charge in [0, 0.05) is 37.6 Å². The van der Waals surface area contributed by atoms with E-state index in [2.05, 4.69) is 37.6 Å². The third-order valence-corrected chi connectivity index (χ3v) is 5.69. The van der Waals surface area contributed by atoms with Gasteiger partial charge >= 0.3 is 0 Å². The van der Waals surface area contributed by atoms with Crippen LogP contribution in [-0.4, -0.2) is 49.3 Å². The smallest absolute Gasteiger partial charge is 0.246 e. The van der Waals surface area contributed by atoms with E-state index in [0.29, 0.717) is 36.4 Å². The number of rotatable bonds is 6. The number of anilines is 3. The minimum Gasteiger partial charge on any atom is -0.472 e. The summed E-state index contributed by atoms with van der Waals surface area (Å²) in [5, 5.41) is 10.7. The third kappa shape index (κ3) is 5.11. The summed E-state index contributed by atoms with van der Waals surface area (Å²) < 4.78 is 7.73. The number of aromatic nitrogens is 5. The van der Waals surface area contributed by atoms with Crippen LogP contribution in [0.15, 0.2) is 24.7 Å². The maximum Gasteiger partial charge on any atom is 0.246 e. The molecule has 0 aliphatic carbocycles. The van der Waals surface area contributed by atoms with Crippen molar-refractivity contribution < 1.29 is 9.53 Å². The van der Waals surface area contributed by atoms with Crippen LogP contribution < -0.4 is 20.3 Å². The van der Waals surface area contributed by atoms with Crippen molar-refractivity contribution in [2.24, 2.45) is 0 Å². The molecule has 0 saturated carbocycles. The number of nitrogens with one attached hydrogen (secondary N) is 2. The Balaban J connectivity index is 1.42. The lowest BCUT2D eigenvalue weighted by atomic mass is 10.1. The van der Waals surface area contributed by atoms with Gasteiger partial charge in [-0.1, -0.05) is 0 Å². The van der Waals surface area contributed by atoms with Gasteiger partial charge in [0.25, 0.3) is 0 Å². The standard InChI is InChI=1S/C24H32N8O2/c1-14-8-19(34-24(4,5)6)25-11-18(14)13-32-12-17(10-27-32)9-26-23-28-15(2)20-21(30-23)31(7)16(3)22(33)29-20/h8,10-12,16H,9,13H2,1-7H3,(H,29,33)(H,26,28,30)/t16-/m0/s1. The highest BCUT2D eigenvalue weighted by atomic mass is 16.5. The summed E-state index contributed by atoms with van der Waals surface area (Å²) in [5.41, 5.74) is 4.29. The topological polar surface area (TPSA) is 110 Å². The average molecular weight is 465 g/mol. The van der Waals surface area contributed by atoms with Gasteiger partial charge in [-0.2, -0.15) is 10.1 Å². The molecular weight excluding hydrogens is 432 g/mol. The summed E-state index contributed by atoms with van der Waals surface area (Å²) in [6, 6.07) is 1.67. The Hall–Kier alpha value is -3.69.